The van der Waals surface area contributed by atoms with Crippen LogP contribution in [0.3, 0.4) is 0 Å². The molecule has 2 aromatic rings. The number of nitrogens with zero attached hydrogens (tertiary/aromatic N) is 3. The minimum Gasteiger partial charge on any atom is -0.376 e. The van der Waals surface area contributed by atoms with Gasteiger partial charge in [0.2, 0.25) is 15.0 Å². The fraction of sp³-hybridized carbons (Fsp3) is 0.583. The molecule has 2 unspecified atom stereocenters. The fourth-order valence-electron chi connectivity index (χ4n) is 4.53. The Morgan fingerprint density at radius 1 is 1.20 bits per heavy atom. The summed E-state index contributed by atoms with van der Waals surface area (Å²) in [5.74, 6) is -0.665. The van der Waals surface area contributed by atoms with Crippen molar-refractivity contribution in [1.82, 2.24) is 19.8 Å². The summed E-state index contributed by atoms with van der Waals surface area (Å²) in [6, 6.07) is 5.50. The predicted molar refractivity (Wildman–Crippen MR) is 134 cm³/mol. The molecule has 0 bridgehead atoms. The van der Waals surface area contributed by atoms with Crippen LogP contribution < -0.4 is 5.32 Å². The summed E-state index contributed by atoms with van der Waals surface area (Å²) >= 11 is 5.63. The standard InChI is InChI=1S/C24H33FN4O4S2/c1-2-26-23(34)28(15-21-5-3-11-32-21)14-20-13-27-24(29(20)16-22-6-4-12-33-22)35(30,31)17-18-7-9-19(25)10-8-18/h7-10,13,21-22H,2-6,11-12,14-17H2,1H3,(H,26,34). The molecule has 35 heavy (non-hydrogen) atoms. The highest BCUT2D eigenvalue weighted by Gasteiger charge is 2.29. The van der Waals surface area contributed by atoms with E-state index in [9.17, 15) is 12.8 Å². The van der Waals surface area contributed by atoms with Crippen molar-refractivity contribution in [2.75, 3.05) is 26.3 Å². The summed E-state index contributed by atoms with van der Waals surface area (Å²) in [4.78, 5) is 6.38. The number of benzene rings is 1. The molecular formula is C24H33FN4O4S2. The van der Waals surface area contributed by atoms with Gasteiger partial charge in [0.05, 0.1) is 42.9 Å². The van der Waals surface area contributed by atoms with Crippen LogP contribution in [0.2, 0.25) is 0 Å². The second-order valence-corrected chi connectivity index (χ2v) is 11.3. The number of hydrogen-bond acceptors (Lipinski definition) is 6. The Bertz CT molecular complexity index is 1100. The normalized spacial score (nSPS) is 20.3. The third kappa shape index (κ3) is 6.78. The number of sulfone groups is 1. The third-order valence-electron chi connectivity index (χ3n) is 6.28. The van der Waals surface area contributed by atoms with Gasteiger partial charge in [0.1, 0.15) is 5.82 Å². The van der Waals surface area contributed by atoms with Gasteiger partial charge in [-0.25, -0.2) is 17.8 Å². The fourth-order valence-corrected chi connectivity index (χ4v) is 6.31. The first-order valence-electron chi connectivity index (χ1n) is 12.1. The van der Waals surface area contributed by atoms with Crippen molar-refractivity contribution in [3.63, 3.8) is 0 Å². The Hall–Kier alpha value is -2.08. The van der Waals surface area contributed by atoms with E-state index in [0.717, 1.165) is 38.0 Å². The molecule has 1 N–H and O–H groups in total. The van der Waals surface area contributed by atoms with Gasteiger partial charge in [0, 0.05) is 26.3 Å². The van der Waals surface area contributed by atoms with Crippen LogP contribution in [0.25, 0.3) is 0 Å². The van der Waals surface area contributed by atoms with E-state index in [1.54, 1.807) is 10.8 Å². The average Bonchev–Trinajstić information content (AvgIpc) is 3.59. The molecule has 2 saturated heterocycles. The Morgan fingerprint density at radius 2 is 1.89 bits per heavy atom. The van der Waals surface area contributed by atoms with Crippen molar-refractivity contribution in [3.8, 4) is 0 Å². The van der Waals surface area contributed by atoms with Crippen LogP contribution in [0, 0.1) is 5.82 Å². The minimum absolute atomic E-state index is 0.00115. The van der Waals surface area contributed by atoms with E-state index in [1.165, 1.54) is 24.3 Å². The summed E-state index contributed by atoms with van der Waals surface area (Å²) < 4.78 is 53.5. The van der Waals surface area contributed by atoms with Crippen LogP contribution in [0.5, 0.6) is 0 Å². The zero-order chi connectivity index (χ0) is 24.8. The summed E-state index contributed by atoms with van der Waals surface area (Å²) in [6.07, 6.45) is 5.43. The highest BCUT2D eigenvalue weighted by atomic mass is 32.2. The van der Waals surface area contributed by atoms with Gasteiger partial charge in [-0.15, -0.1) is 0 Å². The van der Waals surface area contributed by atoms with Crippen molar-refractivity contribution in [3.05, 3.63) is 47.5 Å². The van der Waals surface area contributed by atoms with E-state index in [4.69, 9.17) is 21.7 Å². The van der Waals surface area contributed by atoms with Gasteiger partial charge in [-0.2, -0.15) is 0 Å². The molecule has 11 heteroatoms. The van der Waals surface area contributed by atoms with Crippen molar-refractivity contribution in [2.24, 2.45) is 0 Å². The Balaban J connectivity index is 1.62. The van der Waals surface area contributed by atoms with Crippen LogP contribution in [0.1, 0.15) is 43.9 Å². The summed E-state index contributed by atoms with van der Waals surface area (Å²) in [5.41, 5.74) is 1.25. The summed E-state index contributed by atoms with van der Waals surface area (Å²) in [6.45, 7) is 5.50. The largest absolute Gasteiger partial charge is 0.376 e. The minimum atomic E-state index is -3.78. The maximum atomic E-state index is 13.4. The first-order chi connectivity index (χ1) is 16.9. The predicted octanol–water partition coefficient (Wildman–Crippen LogP) is 3.05. The molecule has 2 fully saturated rings. The van der Waals surface area contributed by atoms with Crippen LogP contribution >= 0.6 is 12.2 Å². The quantitative estimate of drug-likeness (QED) is 0.475. The number of hydrogen-bond donors (Lipinski definition) is 1. The van der Waals surface area contributed by atoms with Gasteiger partial charge in [-0.05, 0) is 62.5 Å². The molecule has 1 aromatic heterocycles. The molecule has 0 aliphatic carbocycles. The molecule has 2 atom stereocenters. The molecule has 192 valence electrons. The van der Waals surface area contributed by atoms with Gasteiger partial charge in [0.25, 0.3) is 0 Å². The molecule has 1 aromatic carbocycles. The second kappa shape index (κ2) is 11.8. The Kier molecular flexibility index (Phi) is 8.74. The number of halogens is 1. The van der Waals surface area contributed by atoms with Crippen molar-refractivity contribution in [1.29, 1.82) is 0 Å². The number of rotatable bonds is 10. The number of aromatic nitrogens is 2. The molecule has 2 aliphatic rings. The third-order valence-corrected chi connectivity index (χ3v) is 8.27. The first-order valence-corrected chi connectivity index (χ1v) is 14.2. The molecule has 0 amide bonds. The van der Waals surface area contributed by atoms with Gasteiger partial charge in [-0.1, -0.05) is 12.1 Å². The lowest BCUT2D eigenvalue weighted by Crippen LogP contribution is -2.43. The molecule has 0 saturated carbocycles. The number of imidazole rings is 1. The lowest BCUT2D eigenvalue weighted by atomic mass is 10.2. The highest BCUT2D eigenvalue weighted by molar-refractivity contribution is 7.90. The van der Waals surface area contributed by atoms with E-state index in [-0.39, 0.29) is 23.1 Å². The van der Waals surface area contributed by atoms with E-state index in [2.05, 4.69) is 10.3 Å². The second-order valence-electron chi connectivity index (χ2n) is 9.01. The zero-order valence-electron chi connectivity index (χ0n) is 20.0. The molecular weight excluding hydrogens is 491 g/mol. The molecule has 8 nitrogen and oxygen atoms in total. The molecule has 0 spiro atoms. The number of nitrogens with one attached hydrogen (secondary N) is 1. The van der Waals surface area contributed by atoms with Crippen molar-refractivity contribution in [2.45, 2.75) is 68.8 Å². The van der Waals surface area contributed by atoms with Crippen LogP contribution in [0.15, 0.2) is 35.6 Å². The van der Waals surface area contributed by atoms with Crippen LogP contribution in [-0.2, 0) is 38.2 Å². The van der Waals surface area contributed by atoms with Gasteiger partial charge in [-0.3, -0.25) is 0 Å². The number of ether oxygens (including phenoxy) is 2. The van der Waals surface area contributed by atoms with Crippen molar-refractivity contribution >= 4 is 27.2 Å². The zero-order valence-corrected chi connectivity index (χ0v) is 21.6. The highest BCUT2D eigenvalue weighted by Crippen LogP contribution is 2.23. The Labute approximate surface area is 211 Å². The van der Waals surface area contributed by atoms with Gasteiger partial charge in [0.15, 0.2) is 5.11 Å². The van der Waals surface area contributed by atoms with E-state index in [0.29, 0.717) is 43.5 Å². The monoisotopic (exact) mass is 524 g/mol. The molecule has 4 rings (SSSR count). The maximum absolute atomic E-state index is 13.4. The maximum Gasteiger partial charge on any atom is 0.228 e. The summed E-state index contributed by atoms with van der Waals surface area (Å²) in [7, 11) is -3.78. The van der Waals surface area contributed by atoms with Gasteiger partial charge >= 0.3 is 0 Å². The summed E-state index contributed by atoms with van der Waals surface area (Å²) in [5, 5.41) is 3.80. The molecule has 2 aliphatic heterocycles. The number of thiocarbonyl (C=S) groups is 1. The average molecular weight is 525 g/mol. The van der Waals surface area contributed by atoms with Crippen LogP contribution in [-0.4, -0.2) is 66.5 Å². The smallest absolute Gasteiger partial charge is 0.228 e. The van der Waals surface area contributed by atoms with E-state index >= 15 is 0 Å². The molecule has 0 radical (unpaired) electrons. The van der Waals surface area contributed by atoms with Crippen LogP contribution in [0.4, 0.5) is 4.39 Å². The Morgan fingerprint density at radius 3 is 2.51 bits per heavy atom. The lowest BCUT2D eigenvalue weighted by Gasteiger charge is -2.28. The first kappa shape index (κ1) is 26.0. The lowest BCUT2D eigenvalue weighted by molar-refractivity contribution is 0.0862. The SMILES string of the molecule is CCNC(=S)N(Cc1cnc(S(=O)(=O)Cc2ccc(F)cc2)n1CC1CCCO1)CC1CCCO1. The molecule has 3 heterocycles. The van der Waals surface area contributed by atoms with E-state index in [1.807, 2.05) is 11.8 Å². The van der Waals surface area contributed by atoms with E-state index < -0.39 is 15.7 Å². The van der Waals surface area contributed by atoms with Crippen molar-refractivity contribution < 1.29 is 22.3 Å². The van der Waals surface area contributed by atoms with Gasteiger partial charge < -0.3 is 24.3 Å². The topological polar surface area (TPSA) is 85.7 Å².